The lowest BCUT2D eigenvalue weighted by Gasteiger charge is -2.01. The first-order valence-corrected chi connectivity index (χ1v) is 7.20. The van der Waals surface area contributed by atoms with E-state index in [-0.39, 0.29) is 11.5 Å². The SMILES string of the molecule is Nc1ccc(-c2nnc(Nc3ncc(C(=O)NO)cn3)s2)cc1. The van der Waals surface area contributed by atoms with Crippen molar-refractivity contribution in [1.29, 1.82) is 0 Å². The third-order valence-corrected chi connectivity index (χ3v) is 3.70. The second-order valence-electron chi connectivity index (χ2n) is 4.40. The molecule has 0 saturated heterocycles. The first-order valence-electron chi connectivity index (χ1n) is 6.38. The smallest absolute Gasteiger partial charge is 0.277 e. The van der Waals surface area contributed by atoms with Gasteiger partial charge in [0.15, 0.2) is 0 Å². The normalized spacial score (nSPS) is 10.3. The van der Waals surface area contributed by atoms with E-state index in [1.807, 2.05) is 12.1 Å². The number of anilines is 3. The summed E-state index contributed by atoms with van der Waals surface area (Å²) >= 11 is 1.33. The third kappa shape index (κ3) is 3.39. The number of nitrogens with two attached hydrogens (primary N) is 1. The molecule has 0 radical (unpaired) electrons. The highest BCUT2D eigenvalue weighted by Crippen LogP contribution is 2.27. The lowest BCUT2D eigenvalue weighted by atomic mass is 10.2. The number of hydrogen-bond donors (Lipinski definition) is 4. The van der Waals surface area contributed by atoms with Gasteiger partial charge in [0.05, 0.1) is 5.56 Å². The van der Waals surface area contributed by atoms with Gasteiger partial charge in [-0.1, -0.05) is 11.3 Å². The molecular weight excluding hydrogens is 318 g/mol. The van der Waals surface area contributed by atoms with E-state index < -0.39 is 5.91 Å². The van der Waals surface area contributed by atoms with E-state index in [0.29, 0.717) is 10.8 Å². The molecule has 0 unspecified atom stereocenters. The average molecular weight is 329 g/mol. The van der Waals surface area contributed by atoms with Crippen LogP contribution in [0.3, 0.4) is 0 Å². The summed E-state index contributed by atoms with van der Waals surface area (Å²) in [7, 11) is 0. The number of benzene rings is 1. The molecule has 0 atom stereocenters. The Kier molecular flexibility index (Phi) is 4.08. The molecule has 116 valence electrons. The maximum atomic E-state index is 11.2. The standard InChI is InChI=1S/C13H11N7O2S/c14-9-3-1-7(2-4-9)11-18-19-13(23-11)17-12-15-5-8(6-16-12)10(21)20-22/h1-6,22H,14H2,(H,20,21)(H,15,16,17,19). The summed E-state index contributed by atoms with van der Waals surface area (Å²) < 4.78 is 0. The lowest BCUT2D eigenvalue weighted by Crippen LogP contribution is -2.19. The van der Waals surface area contributed by atoms with Gasteiger partial charge < -0.3 is 5.73 Å². The van der Waals surface area contributed by atoms with Gasteiger partial charge in [-0.2, -0.15) is 0 Å². The molecule has 9 nitrogen and oxygen atoms in total. The Labute approximate surface area is 134 Å². The second-order valence-corrected chi connectivity index (χ2v) is 5.37. The molecule has 0 bridgehead atoms. The van der Waals surface area contributed by atoms with Gasteiger partial charge in [0.1, 0.15) is 5.01 Å². The molecule has 5 N–H and O–H groups in total. The number of hydroxylamine groups is 1. The number of nitrogens with one attached hydrogen (secondary N) is 2. The fourth-order valence-corrected chi connectivity index (χ4v) is 2.43. The monoisotopic (exact) mass is 329 g/mol. The number of nitrogens with zero attached hydrogens (tertiary/aromatic N) is 4. The summed E-state index contributed by atoms with van der Waals surface area (Å²) in [5.74, 6) is -0.419. The molecule has 1 aromatic carbocycles. The molecule has 0 aliphatic heterocycles. The van der Waals surface area contributed by atoms with Gasteiger partial charge in [-0.15, -0.1) is 10.2 Å². The molecule has 0 fully saturated rings. The van der Waals surface area contributed by atoms with Crippen molar-refractivity contribution in [2.75, 3.05) is 11.1 Å². The number of carbonyl (C=O) groups excluding carboxylic acids is 1. The molecule has 1 amide bonds. The van der Waals surface area contributed by atoms with Crippen molar-refractivity contribution in [1.82, 2.24) is 25.6 Å². The van der Waals surface area contributed by atoms with Crippen LogP contribution >= 0.6 is 11.3 Å². The Morgan fingerprint density at radius 1 is 1.13 bits per heavy atom. The lowest BCUT2D eigenvalue weighted by molar-refractivity contribution is 0.0705. The summed E-state index contributed by atoms with van der Waals surface area (Å²) in [5, 5.41) is 20.7. The van der Waals surface area contributed by atoms with E-state index in [1.54, 1.807) is 12.1 Å². The maximum Gasteiger partial charge on any atom is 0.277 e. The number of rotatable bonds is 4. The Morgan fingerprint density at radius 2 is 1.83 bits per heavy atom. The van der Waals surface area contributed by atoms with E-state index in [1.165, 1.54) is 29.2 Å². The summed E-state index contributed by atoms with van der Waals surface area (Å²) in [5.41, 5.74) is 8.88. The van der Waals surface area contributed by atoms with Gasteiger partial charge in [-0.3, -0.25) is 15.3 Å². The average Bonchev–Trinajstić information content (AvgIpc) is 3.04. The van der Waals surface area contributed by atoms with Crippen molar-refractivity contribution in [3.05, 3.63) is 42.2 Å². The van der Waals surface area contributed by atoms with Crippen LogP contribution in [0, 0.1) is 0 Å². The highest BCUT2D eigenvalue weighted by molar-refractivity contribution is 7.18. The Morgan fingerprint density at radius 3 is 2.48 bits per heavy atom. The first-order chi connectivity index (χ1) is 11.2. The molecule has 0 aliphatic rings. The van der Waals surface area contributed by atoms with Crippen molar-refractivity contribution in [3.8, 4) is 10.6 Å². The molecule has 2 aromatic heterocycles. The minimum Gasteiger partial charge on any atom is -0.399 e. The van der Waals surface area contributed by atoms with Crippen molar-refractivity contribution < 1.29 is 10.0 Å². The van der Waals surface area contributed by atoms with Crippen molar-refractivity contribution in [2.24, 2.45) is 0 Å². The molecule has 0 aliphatic carbocycles. The molecule has 3 aromatic rings. The van der Waals surface area contributed by atoms with Gasteiger partial charge in [0.2, 0.25) is 11.1 Å². The van der Waals surface area contributed by atoms with Crippen molar-refractivity contribution >= 4 is 34.0 Å². The third-order valence-electron chi connectivity index (χ3n) is 2.82. The number of aromatic nitrogens is 4. The number of nitrogen functional groups attached to an aromatic ring is 1. The van der Waals surface area contributed by atoms with E-state index >= 15 is 0 Å². The van der Waals surface area contributed by atoms with Crippen LogP contribution in [0.4, 0.5) is 16.8 Å². The van der Waals surface area contributed by atoms with Crippen molar-refractivity contribution in [2.45, 2.75) is 0 Å². The fourth-order valence-electron chi connectivity index (χ4n) is 1.69. The van der Waals surface area contributed by atoms with Gasteiger partial charge >= 0.3 is 0 Å². The van der Waals surface area contributed by atoms with Crippen LogP contribution in [0.2, 0.25) is 0 Å². The van der Waals surface area contributed by atoms with Crippen LogP contribution in [0.5, 0.6) is 0 Å². The maximum absolute atomic E-state index is 11.2. The van der Waals surface area contributed by atoms with Gasteiger partial charge in [0.25, 0.3) is 5.91 Å². The van der Waals surface area contributed by atoms with Gasteiger partial charge in [-0.25, -0.2) is 15.4 Å². The van der Waals surface area contributed by atoms with Gasteiger partial charge in [0, 0.05) is 23.6 Å². The molecule has 3 rings (SSSR count). The zero-order chi connectivity index (χ0) is 16.2. The Hall–Kier alpha value is -3.11. The van der Waals surface area contributed by atoms with E-state index in [2.05, 4.69) is 25.5 Å². The summed E-state index contributed by atoms with van der Waals surface area (Å²) in [6.07, 6.45) is 2.56. The zero-order valence-corrected chi connectivity index (χ0v) is 12.4. The highest BCUT2D eigenvalue weighted by atomic mass is 32.1. The van der Waals surface area contributed by atoms with Crippen LogP contribution < -0.4 is 16.5 Å². The van der Waals surface area contributed by atoms with Crippen molar-refractivity contribution in [3.63, 3.8) is 0 Å². The zero-order valence-electron chi connectivity index (χ0n) is 11.6. The highest BCUT2D eigenvalue weighted by Gasteiger charge is 2.09. The molecule has 0 spiro atoms. The summed E-state index contributed by atoms with van der Waals surface area (Å²) in [6, 6.07) is 7.30. The molecule has 0 saturated carbocycles. The largest absolute Gasteiger partial charge is 0.399 e. The predicted molar refractivity (Wildman–Crippen MR) is 84.3 cm³/mol. The van der Waals surface area contributed by atoms with E-state index in [4.69, 9.17) is 10.9 Å². The molecule has 23 heavy (non-hydrogen) atoms. The summed E-state index contributed by atoms with van der Waals surface area (Å²) in [4.78, 5) is 19.1. The van der Waals surface area contributed by atoms with Crippen LogP contribution in [-0.4, -0.2) is 31.3 Å². The van der Waals surface area contributed by atoms with Crippen LogP contribution in [-0.2, 0) is 0 Å². The summed E-state index contributed by atoms with van der Waals surface area (Å²) in [6.45, 7) is 0. The quantitative estimate of drug-likeness (QED) is 0.320. The van der Waals surface area contributed by atoms with E-state index in [9.17, 15) is 4.79 Å². The topological polar surface area (TPSA) is 139 Å². The van der Waals surface area contributed by atoms with E-state index in [0.717, 1.165) is 10.6 Å². The molecule has 10 heteroatoms. The second kappa shape index (κ2) is 6.34. The van der Waals surface area contributed by atoms with Gasteiger partial charge in [-0.05, 0) is 24.3 Å². The number of carbonyl (C=O) groups is 1. The Balaban J connectivity index is 1.74. The number of hydrogen-bond acceptors (Lipinski definition) is 9. The Bertz CT molecular complexity index is 817. The fraction of sp³-hybridized carbons (Fsp3) is 0. The first kappa shape index (κ1) is 14.8. The molecular formula is C13H11N7O2S. The van der Waals surface area contributed by atoms with Crippen LogP contribution in [0.15, 0.2) is 36.7 Å². The minimum absolute atomic E-state index is 0.137. The van der Waals surface area contributed by atoms with Crippen LogP contribution in [0.1, 0.15) is 10.4 Å². The number of amides is 1. The minimum atomic E-state index is -0.682. The van der Waals surface area contributed by atoms with Crippen LogP contribution in [0.25, 0.3) is 10.6 Å². The predicted octanol–water partition coefficient (Wildman–Crippen LogP) is 1.44. The molecule has 2 heterocycles.